The van der Waals surface area contributed by atoms with Crippen molar-refractivity contribution in [2.24, 2.45) is 5.92 Å². The van der Waals surface area contributed by atoms with Gasteiger partial charge in [0.05, 0.1) is 29.3 Å². The van der Waals surface area contributed by atoms with Gasteiger partial charge in [-0.15, -0.1) is 0 Å². The summed E-state index contributed by atoms with van der Waals surface area (Å²) in [6.07, 6.45) is 0. The number of hydrogen-bond donors (Lipinski definition) is 0. The number of anilines is 1. The third-order valence-electron chi connectivity index (χ3n) is 4.97. The molecule has 1 aromatic heterocycles. The molecule has 0 fully saturated rings. The van der Waals surface area contributed by atoms with Gasteiger partial charge in [0.25, 0.3) is 5.56 Å². The van der Waals surface area contributed by atoms with Crippen molar-refractivity contribution in [1.82, 2.24) is 9.55 Å². The van der Waals surface area contributed by atoms with Gasteiger partial charge in [-0.2, -0.15) is 0 Å². The Morgan fingerprint density at radius 3 is 2.48 bits per heavy atom. The van der Waals surface area contributed by atoms with Crippen LogP contribution in [0.5, 0.6) is 0 Å². The number of thioether (sulfide) groups is 1. The lowest BCUT2D eigenvalue weighted by Crippen LogP contribution is -2.32. The SMILES string of the molecule is CCN(C(=O)CSc1nc2cc(C(=O)OC)ccc2c(=O)n1CC(C)C)c1ccc(F)cc1. The summed E-state index contributed by atoms with van der Waals surface area (Å²) in [6, 6.07) is 10.4. The summed E-state index contributed by atoms with van der Waals surface area (Å²) in [5, 5.41) is 0.784. The van der Waals surface area contributed by atoms with Gasteiger partial charge in [-0.25, -0.2) is 14.2 Å². The summed E-state index contributed by atoms with van der Waals surface area (Å²) in [5.74, 6) is -0.869. The molecule has 0 aliphatic rings. The van der Waals surface area contributed by atoms with Crippen LogP contribution >= 0.6 is 11.8 Å². The van der Waals surface area contributed by atoms with E-state index < -0.39 is 5.97 Å². The average molecular weight is 472 g/mol. The maximum atomic E-state index is 13.3. The highest BCUT2D eigenvalue weighted by molar-refractivity contribution is 7.99. The maximum Gasteiger partial charge on any atom is 0.337 e. The number of ether oxygens (including phenoxy) is 1. The van der Waals surface area contributed by atoms with E-state index in [2.05, 4.69) is 4.98 Å². The summed E-state index contributed by atoms with van der Waals surface area (Å²) >= 11 is 1.16. The number of fused-ring (bicyclic) bond motifs is 1. The number of methoxy groups -OCH3 is 1. The fourth-order valence-electron chi connectivity index (χ4n) is 3.41. The van der Waals surface area contributed by atoms with Crippen molar-refractivity contribution >= 4 is 40.2 Å². The largest absolute Gasteiger partial charge is 0.465 e. The molecule has 9 heteroatoms. The first kappa shape index (κ1) is 24.4. The molecule has 7 nitrogen and oxygen atoms in total. The van der Waals surface area contributed by atoms with E-state index in [1.807, 2.05) is 20.8 Å². The van der Waals surface area contributed by atoms with Crippen LogP contribution in [0.4, 0.5) is 10.1 Å². The van der Waals surface area contributed by atoms with E-state index in [1.165, 1.54) is 31.4 Å². The number of carbonyl (C=O) groups is 2. The smallest absolute Gasteiger partial charge is 0.337 e. The Balaban J connectivity index is 1.95. The van der Waals surface area contributed by atoms with E-state index in [4.69, 9.17) is 4.74 Å². The van der Waals surface area contributed by atoms with Crippen LogP contribution < -0.4 is 10.5 Å². The number of aromatic nitrogens is 2. The average Bonchev–Trinajstić information content (AvgIpc) is 2.80. The van der Waals surface area contributed by atoms with E-state index in [0.29, 0.717) is 40.4 Å². The molecule has 0 unspecified atom stereocenters. The fraction of sp³-hybridized carbons (Fsp3) is 0.333. The van der Waals surface area contributed by atoms with Crippen LogP contribution in [0.15, 0.2) is 52.4 Å². The normalized spacial score (nSPS) is 11.1. The zero-order valence-electron chi connectivity index (χ0n) is 19.0. The quantitative estimate of drug-likeness (QED) is 0.279. The molecular formula is C24H26FN3O4S. The highest BCUT2D eigenvalue weighted by atomic mass is 32.2. The van der Waals surface area contributed by atoms with E-state index in [0.717, 1.165) is 11.8 Å². The van der Waals surface area contributed by atoms with E-state index in [9.17, 15) is 18.8 Å². The standard InChI is InChI=1S/C24H26FN3O4S/c1-5-27(18-9-7-17(25)8-10-18)21(29)14-33-24-26-20-12-16(23(31)32-4)6-11-19(20)22(30)28(24)13-15(2)3/h6-12,15H,5,13-14H2,1-4H3. The molecule has 0 saturated heterocycles. The lowest BCUT2D eigenvalue weighted by Gasteiger charge is -2.21. The van der Waals surface area contributed by atoms with Gasteiger partial charge in [0.2, 0.25) is 5.91 Å². The van der Waals surface area contributed by atoms with Gasteiger partial charge in [0.15, 0.2) is 5.16 Å². The molecule has 0 spiro atoms. The summed E-state index contributed by atoms with van der Waals surface area (Å²) < 4.78 is 19.6. The molecule has 174 valence electrons. The molecule has 0 aliphatic heterocycles. The minimum atomic E-state index is -0.521. The number of amides is 1. The molecule has 2 aromatic carbocycles. The van der Waals surface area contributed by atoms with Crippen LogP contribution in [0.3, 0.4) is 0 Å². The molecule has 0 atom stereocenters. The number of benzene rings is 2. The van der Waals surface area contributed by atoms with Crippen LogP contribution in [0.1, 0.15) is 31.1 Å². The minimum Gasteiger partial charge on any atom is -0.465 e. The van der Waals surface area contributed by atoms with Crippen molar-refractivity contribution in [3.63, 3.8) is 0 Å². The molecule has 0 saturated carbocycles. The summed E-state index contributed by atoms with van der Waals surface area (Å²) in [7, 11) is 1.29. The lowest BCUT2D eigenvalue weighted by atomic mass is 10.1. The number of hydrogen-bond acceptors (Lipinski definition) is 6. The molecule has 3 aromatic rings. The van der Waals surface area contributed by atoms with E-state index >= 15 is 0 Å². The number of rotatable bonds is 8. The second-order valence-corrected chi connectivity index (χ2v) is 8.77. The first-order chi connectivity index (χ1) is 15.7. The molecule has 1 heterocycles. The van der Waals surface area contributed by atoms with E-state index in [-0.39, 0.29) is 29.0 Å². The first-order valence-electron chi connectivity index (χ1n) is 10.6. The summed E-state index contributed by atoms with van der Waals surface area (Å²) in [4.78, 5) is 44.2. The van der Waals surface area contributed by atoms with Crippen molar-refractivity contribution < 1.29 is 18.7 Å². The monoisotopic (exact) mass is 471 g/mol. The Morgan fingerprint density at radius 2 is 1.88 bits per heavy atom. The zero-order valence-corrected chi connectivity index (χ0v) is 19.8. The Labute approximate surface area is 195 Å². The Kier molecular flexibility index (Phi) is 7.86. The highest BCUT2D eigenvalue weighted by Crippen LogP contribution is 2.22. The first-order valence-corrected chi connectivity index (χ1v) is 11.5. The predicted molar refractivity (Wildman–Crippen MR) is 127 cm³/mol. The van der Waals surface area contributed by atoms with Crippen LogP contribution in [0, 0.1) is 11.7 Å². The van der Waals surface area contributed by atoms with Gasteiger partial charge in [0.1, 0.15) is 5.82 Å². The molecule has 0 radical (unpaired) electrons. The van der Waals surface area contributed by atoms with Crippen molar-refractivity contribution in [3.8, 4) is 0 Å². The topological polar surface area (TPSA) is 81.5 Å². The van der Waals surface area contributed by atoms with E-state index in [1.54, 1.807) is 27.7 Å². The van der Waals surface area contributed by atoms with Gasteiger partial charge in [0, 0.05) is 18.8 Å². The molecule has 33 heavy (non-hydrogen) atoms. The number of nitrogens with zero attached hydrogens (tertiary/aromatic N) is 3. The van der Waals surface area contributed by atoms with Gasteiger partial charge < -0.3 is 9.64 Å². The van der Waals surface area contributed by atoms with Gasteiger partial charge >= 0.3 is 5.97 Å². The third kappa shape index (κ3) is 5.60. The highest BCUT2D eigenvalue weighted by Gasteiger charge is 2.19. The minimum absolute atomic E-state index is 0.0396. The maximum absolute atomic E-state index is 13.3. The second kappa shape index (κ2) is 10.6. The van der Waals surface area contributed by atoms with Crippen molar-refractivity contribution in [2.75, 3.05) is 24.3 Å². The molecule has 0 aliphatic carbocycles. The molecule has 0 bridgehead atoms. The lowest BCUT2D eigenvalue weighted by molar-refractivity contribution is -0.116. The Bertz CT molecular complexity index is 1220. The van der Waals surface area contributed by atoms with Crippen LogP contribution in [-0.4, -0.2) is 40.8 Å². The summed E-state index contributed by atoms with van der Waals surface area (Å²) in [5.41, 5.74) is 1.02. The number of halogens is 1. The van der Waals surface area contributed by atoms with Crippen LogP contribution in [-0.2, 0) is 16.1 Å². The third-order valence-corrected chi connectivity index (χ3v) is 5.93. The Hall–Kier alpha value is -3.20. The van der Waals surface area contributed by atoms with Crippen LogP contribution in [0.2, 0.25) is 0 Å². The molecule has 1 amide bonds. The van der Waals surface area contributed by atoms with Crippen molar-refractivity contribution in [2.45, 2.75) is 32.5 Å². The number of carbonyl (C=O) groups excluding carboxylic acids is 2. The zero-order chi connectivity index (χ0) is 24.1. The van der Waals surface area contributed by atoms with Gasteiger partial charge in [-0.1, -0.05) is 25.6 Å². The molecule has 3 rings (SSSR count). The molecular weight excluding hydrogens is 445 g/mol. The van der Waals surface area contributed by atoms with Crippen LogP contribution in [0.25, 0.3) is 10.9 Å². The van der Waals surface area contributed by atoms with Crippen molar-refractivity contribution in [3.05, 3.63) is 64.2 Å². The fourth-order valence-corrected chi connectivity index (χ4v) is 4.29. The van der Waals surface area contributed by atoms with Crippen molar-refractivity contribution in [1.29, 1.82) is 0 Å². The molecule has 0 N–H and O–H groups in total. The Morgan fingerprint density at radius 1 is 1.18 bits per heavy atom. The number of esters is 1. The summed E-state index contributed by atoms with van der Waals surface area (Å²) in [6.45, 7) is 6.67. The second-order valence-electron chi connectivity index (χ2n) is 7.83. The predicted octanol–water partition coefficient (Wildman–Crippen LogP) is 4.12. The van der Waals surface area contributed by atoms with Gasteiger partial charge in [-0.3, -0.25) is 14.2 Å². The van der Waals surface area contributed by atoms with Gasteiger partial charge in [-0.05, 0) is 55.3 Å².